The standard InChI is InChI=1S/C13H26N2OS/c1-10-9-12(5-7-14-10)13(16)15(3)11(2)6-8-17-4/h10-12,14H,5-9H2,1-4H3/t10-,11?,12-/m0/s1. The molecule has 0 spiro atoms. The second-order valence-electron chi connectivity index (χ2n) is 5.16. The highest BCUT2D eigenvalue weighted by Gasteiger charge is 2.28. The lowest BCUT2D eigenvalue weighted by Crippen LogP contribution is -2.45. The summed E-state index contributed by atoms with van der Waals surface area (Å²) in [5.41, 5.74) is 0. The molecule has 0 bridgehead atoms. The van der Waals surface area contributed by atoms with Crippen LogP contribution in [0.3, 0.4) is 0 Å². The molecule has 3 nitrogen and oxygen atoms in total. The summed E-state index contributed by atoms with van der Waals surface area (Å²) in [6.45, 7) is 5.29. The molecule has 1 unspecified atom stereocenters. The highest BCUT2D eigenvalue weighted by molar-refractivity contribution is 7.98. The number of amides is 1. The van der Waals surface area contributed by atoms with Gasteiger partial charge in [-0.2, -0.15) is 11.8 Å². The van der Waals surface area contributed by atoms with Crippen molar-refractivity contribution in [1.29, 1.82) is 0 Å². The number of piperidine rings is 1. The molecule has 4 heteroatoms. The molecule has 0 aromatic rings. The first-order valence-electron chi connectivity index (χ1n) is 6.55. The maximum atomic E-state index is 12.3. The first-order chi connectivity index (χ1) is 8.06. The van der Waals surface area contributed by atoms with Crippen molar-refractivity contribution in [2.24, 2.45) is 5.92 Å². The van der Waals surface area contributed by atoms with Gasteiger partial charge in [-0.3, -0.25) is 4.79 Å². The predicted molar refractivity (Wildman–Crippen MR) is 75.4 cm³/mol. The molecule has 0 aliphatic carbocycles. The first-order valence-corrected chi connectivity index (χ1v) is 7.94. The highest BCUT2D eigenvalue weighted by Crippen LogP contribution is 2.20. The van der Waals surface area contributed by atoms with Crippen LogP contribution in [0.1, 0.15) is 33.1 Å². The summed E-state index contributed by atoms with van der Waals surface area (Å²) in [6.07, 6.45) is 5.17. The summed E-state index contributed by atoms with van der Waals surface area (Å²) in [5.74, 6) is 1.70. The Labute approximate surface area is 110 Å². The largest absolute Gasteiger partial charge is 0.343 e. The molecule has 1 amide bonds. The zero-order valence-corrected chi connectivity index (χ0v) is 12.3. The lowest BCUT2D eigenvalue weighted by Gasteiger charge is -2.33. The van der Waals surface area contributed by atoms with Gasteiger partial charge in [0.05, 0.1) is 0 Å². The molecule has 1 fully saturated rings. The predicted octanol–water partition coefficient (Wildman–Crippen LogP) is 1.97. The van der Waals surface area contributed by atoms with Crippen molar-refractivity contribution in [2.45, 2.75) is 45.2 Å². The quantitative estimate of drug-likeness (QED) is 0.818. The Morgan fingerprint density at radius 1 is 1.59 bits per heavy atom. The number of thioether (sulfide) groups is 1. The van der Waals surface area contributed by atoms with Gasteiger partial charge in [0.1, 0.15) is 0 Å². The summed E-state index contributed by atoms with van der Waals surface area (Å²) >= 11 is 1.85. The SMILES string of the molecule is CSCCC(C)N(C)C(=O)[C@H]1CCN[C@@H](C)C1. The molecular weight excluding hydrogens is 232 g/mol. The van der Waals surface area contributed by atoms with Crippen molar-refractivity contribution in [3.63, 3.8) is 0 Å². The van der Waals surface area contributed by atoms with E-state index in [1.54, 1.807) is 0 Å². The van der Waals surface area contributed by atoms with E-state index in [1.165, 1.54) is 0 Å². The number of nitrogens with one attached hydrogen (secondary N) is 1. The van der Waals surface area contributed by atoms with Gasteiger partial charge in [-0.05, 0) is 51.7 Å². The molecule has 3 atom stereocenters. The lowest BCUT2D eigenvalue weighted by molar-refractivity contribution is -0.137. The minimum absolute atomic E-state index is 0.230. The van der Waals surface area contributed by atoms with Crippen LogP contribution in [0.4, 0.5) is 0 Å². The van der Waals surface area contributed by atoms with Crippen molar-refractivity contribution in [3.8, 4) is 0 Å². The van der Waals surface area contributed by atoms with E-state index in [0.29, 0.717) is 18.0 Å². The maximum absolute atomic E-state index is 12.3. The number of hydrogen-bond donors (Lipinski definition) is 1. The molecule has 100 valence electrons. The van der Waals surface area contributed by atoms with Gasteiger partial charge in [-0.25, -0.2) is 0 Å². The van der Waals surface area contributed by atoms with Crippen LogP contribution in [0.25, 0.3) is 0 Å². The smallest absolute Gasteiger partial charge is 0.225 e. The van der Waals surface area contributed by atoms with Gasteiger partial charge < -0.3 is 10.2 Å². The van der Waals surface area contributed by atoms with Crippen LogP contribution in [-0.4, -0.2) is 48.5 Å². The molecule has 17 heavy (non-hydrogen) atoms. The summed E-state index contributed by atoms with van der Waals surface area (Å²) < 4.78 is 0. The Kier molecular flexibility index (Phi) is 6.34. The summed E-state index contributed by atoms with van der Waals surface area (Å²) in [5, 5.41) is 3.40. The highest BCUT2D eigenvalue weighted by atomic mass is 32.2. The third-order valence-electron chi connectivity index (χ3n) is 3.72. The van der Waals surface area contributed by atoms with E-state index >= 15 is 0 Å². The molecular formula is C13H26N2OS. The van der Waals surface area contributed by atoms with Crippen LogP contribution in [0.2, 0.25) is 0 Å². The van der Waals surface area contributed by atoms with E-state index in [0.717, 1.165) is 31.6 Å². The van der Waals surface area contributed by atoms with E-state index in [2.05, 4.69) is 25.4 Å². The fraction of sp³-hybridized carbons (Fsp3) is 0.923. The molecule has 1 heterocycles. The van der Waals surface area contributed by atoms with Gasteiger partial charge in [0.2, 0.25) is 5.91 Å². The minimum atomic E-state index is 0.230. The number of carbonyl (C=O) groups is 1. The van der Waals surface area contributed by atoms with Gasteiger partial charge in [-0.1, -0.05) is 0 Å². The normalized spacial score (nSPS) is 26.6. The van der Waals surface area contributed by atoms with Crippen LogP contribution >= 0.6 is 11.8 Å². The van der Waals surface area contributed by atoms with Gasteiger partial charge in [0.25, 0.3) is 0 Å². The topological polar surface area (TPSA) is 32.3 Å². The van der Waals surface area contributed by atoms with Crippen LogP contribution in [-0.2, 0) is 4.79 Å². The number of hydrogen-bond acceptors (Lipinski definition) is 3. The van der Waals surface area contributed by atoms with E-state index in [-0.39, 0.29) is 5.92 Å². The van der Waals surface area contributed by atoms with Crippen molar-refractivity contribution in [3.05, 3.63) is 0 Å². The summed E-state index contributed by atoms with van der Waals surface area (Å²) in [6, 6.07) is 0.841. The van der Waals surface area contributed by atoms with E-state index in [4.69, 9.17) is 0 Å². The number of carbonyl (C=O) groups excluding carboxylic acids is 1. The second-order valence-corrected chi connectivity index (χ2v) is 6.14. The third kappa shape index (κ3) is 4.51. The van der Waals surface area contributed by atoms with Gasteiger partial charge in [0.15, 0.2) is 0 Å². The molecule has 0 aromatic carbocycles. The van der Waals surface area contributed by atoms with Gasteiger partial charge in [0, 0.05) is 25.0 Å². The average molecular weight is 258 g/mol. The van der Waals surface area contributed by atoms with E-state index in [9.17, 15) is 4.79 Å². The second kappa shape index (κ2) is 7.27. The Balaban J connectivity index is 2.44. The van der Waals surface area contributed by atoms with Crippen molar-refractivity contribution in [2.75, 3.05) is 25.6 Å². The van der Waals surface area contributed by atoms with Gasteiger partial charge >= 0.3 is 0 Å². The molecule has 0 aromatic heterocycles. The van der Waals surface area contributed by atoms with Crippen molar-refractivity contribution < 1.29 is 4.79 Å². The molecule has 1 aliphatic rings. The van der Waals surface area contributed by atoms with Gasteiger partial charge in [-0.15, -0.1) is 0 Å². The van der Waals surface area contributed by atoms with Crippen LogP contribution in [0, 0.1) is 5.92 Å². The molecule has 1 N–H and O–H groups in total. The molecule has 1 aliphatic heterocycles. The number of nitrogens with zero attached hydrogens (tertiary/aromatic N) is 1. The zero-order valence-electron chi connectivity index (χ0n) is 11.5. The first kappa shape index (κ1) is 14.8. The molecule has 0 radical (unpaired) electrons. The van der Waals surface area contributed by atoms with Crippen LogP contribution in [0.5, 0.6) is 0 Å². The fourth-order valence-electron chi connectivity index (χ4n) is 2.34. The summed E-state index contributed by atoms with van der Waals surface area (Å²) in [7, 11) is 1.96. The lowest BCUT2D eigenvalue weighted by atomic mass is 9.91. The summed E-state index contributed by atoms with van der Waals surface area (Å²) in [4.78, 5) is 14.3. The Morgan fingerprint density at radius 3 is 2.88 bits per heavy atom. The van der Waals surface area contributed by atoms with E-state index < -0.39 is 0 Å². The molecule has 1 saturated heterocycles. The fourth-order valence-corrected chi connectivity index (χ4v) is 2.92. The Hall–Kier alpha value is -0.220. The van der Waals surface area contributed by atoms with Crippen molar-refractivity contribution >= 4 is 17.7 Å². The minimum Gasteiger partial charge on any atom is -0.343 e. The van der Waals surface area contributed by atoms with E-state index in [1.807, 2.05) is 23.7 Å². The van der Waals surface area contributed by atoms with Crippen LogP contribution in [0.15, 0.2) is 0 Å². The van der Waals surface area contributed by atoms with Crippen LogP contribution < -0.4 is 5.32 Å². The molecule has 1 rings (SSSR count). The number of rotatable bonds is 5. The third-order valence-corrected chi connectivity index (χ3v) is 4.37. The maximum Gasteiger partial charge on any atom is 0.225 e. The van der Waals surface area contributed by atoms with Crippen molar-refractivity contribution in [1.82, 2.24) is 10.2 Å². The average Bonchev–Trinajstić information content (AvgIpc) is 2.34. The Bertz CT molecular complexity index is 248. The molecule has 0 saturated carbocycles. The Morgan fingerprint density at radius 2 is 2.29 bits per heavy atom. The zero-order chi connectivity index (χ0) is 12.8. The monoisotopic (exact) mass is 258 g/mol.